The molecule has 0 saturated carbocycles. The Morgan fingerprint density at radius 3 is 2.95 bits per heavy atom. The van der Waals surface area contributed by atoms with Crippen molar-refractivity contribution in [2.75, 3.05) is 5.32 Å². The molecule has 6 heteroatoms. The van der Waals surface area contributed by atoms with Gasteiger partial charge in [0.1, 0.15) is 0 Å². The Labute approximate surface area is 130 Å². The van der Waals surface area contributed by atoms with Gasteiger partial charge in [0.25, 0.3) is 0 Å². The average Bonchev–Trinajstić information content (AvgIpc) is 3.02. The predicted octanol–water partition coefficient (Wildman–Crippen LogP) is 4.97. The second kappa shape index (κ2) is 6.08. The molecule has 0 aliphatic carbocycles. The second-order valence-electron chi connectivity index (χ2n) is 4.47. The van der Waals surface area contributed by atoms with E-state index in [1.165, 1.54) is 21.0 Å². The third-order valence-electron chi connectivity index (χ3n) is 2.89. The third kappa shape index (κ3) is 3.11. The fraction of sp³-hybridized carbons (Fsp3) is 0.286. The van der Waals surface area contributed by atoms with Crippen LogP contribution in [0.15, 0.2) is 24.4 Å². The minimum absolute atomic E-state index is 0.587. The molecule has 1 aromatic carbocycles. The van der Waals surface area contributed by atoms with Gasteiger partial charge >= 0.3 is 0 Å². The van der Waals surface area contributed by atoms with Crippen LogP contribution in [0.1, 0.15) is 23.2 Å². The summed E-state index contributed by atoms with van der Waals surface area (Å²) in [7, 11) is 0. The zero-order chi connectivity index (χ0) is 13.9. The largest absolute Gasteiger partial charge is 0.380 e. The Bertz CT molecular complexity index is 720. The Hall–Kier alpha value is -1.17. The molecule has 0 amide bonds. The van der Waals surface area contributed by atoms with Crippen LogP contribution < -0.4 is 5.32 Å². The molecule has 0 fully saturated rings. The lowest BCUT2D eigenvalue weighted by Crippen LogP contribution is -1.96. The van der Waals surface area contributed by atoms with E-state index < -0.39 is 0 Å². The molecule has 20 heavy (non-hydrogen) atoms. The van der Waals surface area contributed by atoms with Gasteiger partial charge in [-0.25, -0.2) is 9.97 Å². The van der Waals surface area contributed by atoms with Crippen molar-refractivity contribution in [3.63, 3.8) is 0 Å². The molecule has 3 rings (SSSR count). The number of benzene rings is 1. The fourth-order valence-corrected chi connectivity index (χ4v) is 3.98. The number of nitrogens with zero attached hydrogens (tertiary/aromatic N) is 2. The molecule has 0 radical (unpaired) electrons. The number of fused-ring (bicyclic) bond motifs is 1. The minimum atomic E-state index is 0.587. The number of hydrogen-bond donors (Lipinski definition) is 1. The fourth-order valence-electron chi connectivity index (χ4n) is 1.96. The summed E-state index contributed by atoms with van der Waals surface area (Å²) in [5, 5.41) is 4.61. The average molecular weight is 324 g/mol. The van der Waals surface area contributed by atoms with E-state index in [1.807, 2.05) is 6.20 Å². The van der Waals surface area contributed by atoms with Gasteiger partial charge in [0, 0.05) is 16.8 Å². The standard InChI is InChI=1S/C14H14ClN3S2/c1-2-3-13-18-11-5-4-9(6-12(11)20-13)16-7-10-8-17-14(15)19-10/h4-6,8,16H,2-3,7H2,1H3. The van der Waals surface area contributed by atoms with Crippen molar-refractivity contribution >= 4 is 50.2 Å². The molecule has 2 aromatic heterocycles. The van der Waals surface area contributed by atoms with Crippen molar-refractivity contribution < 1.29 is 0 Å². The number of nitrogens with one attached hydrogen (secondary N) is 1. The van der Waals surface area contributed by atoms with Crippen LogP contribution in [0.3, 0.4) is 0 Å². The van der Waals surface area contributed by atoms with Crippen LogP contribution >= 0.6 is 34.3 Å². The summed E-state index contributed by atoms with van der Waals surface area (Å²) in [5.41, 5.74) is 2.19. The lowest BCUT2D eigenvalue weighted by Gasteiger charge is -2.03. The van der Waals surface area contributed by atoms with E-state index >= 15 is 0 Å². The topological polar surface area (TPSA) is 37.8 Å². The van der Waals surface area contributed by atoms with Crippen LogP contribution in [-0.4, -0.2) is 9.97 Å². The zero-order valence-electron chi connectivity index (χ0n) is 11.0. The van der Waals surface area contributed by atoms with Gasteiger partial charge in [0.15, 0.2) is 4.47 Å². The molecule has 0 aliphatic rings. The number of halogens is 1. The molecular weight excluding hydrogens is 310 g/mol. The lowest BCUT2D eigenvalue weighted by molar-refractivity contribution is 0.913. The zero-order valence-corrected chi connectivity index (χ0v) is 13.4. The summed E-state index contributed by atoms with van der Waals surface area (Å²) in [6.45, 7) is 2.93. The third-order valence-corrected chi connectivity index (χ3v) is 5.08. The van der Waals surface area contributed by atoms with Gasteiger partial charge in [-0.1, -0.05) is 18.5 Å². The van der Waals surface area contributed by atoms with Crippen LogP contribution in [0.4, 0.5) is 5.69 Å². The molecule has 0 unspecified atom stereocenters. The van der Waals surface area contributed by atoms with Crippen molar-refractivity contribution in [2.45, 2.75) is 26.3 Å². The highest BCUT2D eigenvalue weighted by atomic mass is 35.5. The van der Waals surface area contributed by atoms with Gasteiger partial charge in [-0.3, -0.25) is 0 Å². The SMILES string of the molecule is CCCc1nc2ccc(NCc3cnc(Cl)s3)cc2s1. The normalized spacial score (nSPS) is 11.1. The van der Waals surface area contributed by atoms with Crippen molar-refractivity contribution in [1.82, 2.24) is 9.97 Å². The number of anilines is 1. The van der Waals surface area contributed by atoms with Gasteiger partial charge in [0.2, 0.25) is 0 Å². The van der Waals surface area contributed by atoms with Crippen LogP contribution in [-0.2, 0) is 13.0 Å². The quantitative estimate of drug-likeness (QED) is 0.720. The maximum absolute atomic E-state index is 5.83. The van der Waals surface area contributed by atoms with Gasteiger partial charge < -0.3 is 5.32 Å². The molecule has 0 atom stereocenters. The predicted molar refractivity (Wildman–Crippen MR) is 88.1 cm³/mol. The highest BCUT2D eigenvalue weighted by Gasteiger charge is 2.05. The summed E-state index contributed by atoms with van der Waals surface area (Å²) in [6, 6.07) is 6.31. The summed E-state index contributed by atoms with van der Waals surface area (Å²) in [4.78, 5) is 9.80. The molecule has 3 nitrogen and oxygen atoms in total. The molecule has 104 valence electrons. The number of hydrogen-bond acceptors (Lipinski definition) is 5. The molecule has 2 heterocycles. The van der Waals surface area contributed by atoms with Crippen LogP contribution in [0.25, 0.3) is 10.2 Å². The Morgan fingerprint density at radius 2 is 2.20 bits per heavy atom. The van der Waals surface area contributed by atoms with E-state index in [-0.39, 0.29) is 0 Å². The molecule has 0 spiro atoms. The maximum Gasteiger partial charge on any atom is 0.183 e. The maximum atomic E-state index is 5.83. The summed E-state index contributed by atoms with van der Waals surface area (Å²) >= 11 is 9.11. The Morgan fingerprint density at radius 1 is 1.30 bits per heavy atom. The van der Waals surface area contributed by atoms with Gasteiger partial charge in [-0.2, -0.15) is 0 Å². The Kier molecular flexibility index (Phi) is 4.19. The molecule has 1 N–H and O–H groups in total. The van der Waals surface area contributed by atoms with Crippen LogP contribution in [0.2, 0.25) is 4.47 Å². The molecule has 0 bridgehead atoms. The molecule has 0 aliphatic heterocycles. The first-order valence-electron chi connectivity index (χ1n) is 6.48. The smallest absolute Gasteiger partial charge is 0.183 e. The lowest BCUT2D eigenvalue weighted by atomic mass is 10.3. The summed E-state index contributed by atoms with van der Waals surface area (Å²) < 4.78 is 1.82. The molecular formula is C14H14ClN3S2. The highest BCUT2D eigenvalue weighted by molar-refractivity contribution is 7.18. The first-order valence-corrected chi connectivity index (χ1v) is 8.49. The van der Waals surface area contributed by atoms with Crippen molar-refractivity contribution in [3.05, 3.63) is 38.7 Å². The monoisotopic (exact) mass is 323 g/mol. The summed E-state index contributed by atoms with van der Waals surface area (Å²) in [6.07, 6.45) is 4.00. The molecule has 3 aromatic rings. The second-order valence-corrected chi connectivity index (χ2v) is 7.29. The van der Waals surface area contributed by atoms with E-state index in [4.69, 9.17) is 11.6 Å². The van der Waals surface area contributed by atoms with Gasteiger partial charge in [-0.15, -0.1) is 22.7 Å². The van der Waals surface area contributed by atoms with Gasteiger partial charge in [0.05, 0.1) is 21.8 Å². The number of rotatable bonds is 5. The minimum Gasteiger partial charge on any atom is -0.380 e. The molecule has 0 saturated heterocycles. The van der Waals surface area contributed by atoms with Crippen molar-refractivity contribution in [2.24, 2.45) is 0 Å². The first-order chi connectivity index (χ1) is 9.74. The van der Waals surface area contributed by atoms with Crippen LogP contribution in [0.5, 0.6) is 0 Å². The van der Waals surface area contributed by atoms with Gasteiger partial charge in [-0.05, 0) is 31.0 Å². The van der Waals surface area contributed by atoms with E-state index in [2.05, 4.69) is 40.4 Å². The van der Waals surface area contributed by atoms with Crippen LogP contribution in [0, 0.1) is 0 Å². The number of thiazole rings is 2. The van der Waals surface area contributed by atoms with E-state index in [9.17, 15) is 0 Å². The van der Waals surface area contributed by atoms with Crippen molar-refractivity contribution in [3.8, 4) is 0 Å². The van der Waals surface area contributed by atoms with Crippen molar-refractivity contribution in [1.29, 1.82) is 0 Å². The first kappa shape index (κ1) is 13.8. The van der Waals surface area contributed by atoms with E-state index in [0.29, 0.717) is 4.47 Å². The highest BCUT2D eigenvalue weighted by Crippen LogP contribution is 2.26. The number of aromatic nitrogens is 2. The van der Waals surface area contributed by atoms with E-state index in [0.717, 1.165) is 35.5 Å². The summed E-state index contributed by atoms with van der Waals surface area (Å²) in [5.74, 6) is 0. The number of aryl methyl sites for hydroxylation is 1. The van der Waals surface area contributed by atoms with E-state index in [1.54, 1.807) is 11.3 Å². The Balaban J connectivity index is 1.74.